The SMILES string of the molecule is CC(C)(C)OC(=O)N1CCCC(O)c2cc(Cl)ccc21. The van der Waals surface area contributed by atoms with Gasteiger partial charge in [0, 0.05) is 17.1 Å². The molecule has 1 N–H and O–H groups in total. The summed E-state index contributed by atoms with van der Waals surface area (Å²) in [7, 11) is 0. The van der Waals surface area contributed by atoms with E-state index in [0.717, 1.165) is 0 Å². The summed E-state index contributed by atoms with van der Waals surface area (Å²) in [6.07, 6.45) is 0.325. The Hall–Kier alpha value is -1.26. The third-order valence-electron chi connectivity index (χ3n) is 3.11. The maximum absolute atomic E-state index is 12.3. The molecule has 0 aromatic heterocycles. The fourth-order valence-corrected chi connectivity index (χ4v) is 2.44. The molecular weight excluding hydrogens is 278 g/mol. The van der Waals surface area contributed by atoms with Crippen LogP contribution in [0.4, 0.5) is 10.5 Å². The van der Waals surface area contributed by atoms with Gasteiger partial charge in [0.25, 0.3) is 0 Å². The fourth-order valence-electron chi connectivity index (χ4n) is 2.26. The second-order valence-corrected chi connectivity index (χ2v) is 6.43. The Balaban J connectivity index is 2.36. The number of aliphatic hydroxyl groups excluding tert-OH is 1. The van der Waals surface area contributed by atoms with Crippen LogP contribution in [-0.4, -0.2) is 23.3 Å². The Labute approximate surface area is 124 Å². The summed E-state index contributed by atoms with van der Waals surface area (Å²) in [5.41, 5.74) is 0.809. The molecule has 1 heterocycles. The molecule has 4 nitrogen and oxygen atoms in total. The lowest BCUT2D eigenvalue weighted by molar-refractivity contribution is 0.0580. The monoisotopic (exact) mass is 297 g/mol. The molecule has 0 aliphatic carbocycles. The van der Waals surface area contributed by atoms with Crippen molar-refractivity contribution in [1.29, 1.82) is 0 Å². The quantitative estimate of drug-likeness (QED) is 0.790. The van der Waals surface area contributed by atoms with E-state index >= 15 is 0 Å². The van der Waals surface area contributed by atoms with Gasteiger partial charge in [-0.25, -0.2) is 4.79 Å². The molecule has 20 heavy (non-hydrogen) atoms. The Bertz CT molecular complexity index is 510. The zero-order valence-electron chi connectivity index (χ0n) is 12.0. The number of hydrogen-bond donors (Lipinski definition) is 1. The topological polar surface area (TPSA) is 49.8 Å². The van der Waals surface area contributed by atoms with Gasteiger partial charge in [0.15, 0.2) is 0 Å². The van der Waals surface area contributed by atoms with Crippen molar-refractivity contribution in [3.8, 4) is 0 Å². The molecule has 1 unspecified atom stereocenters. The highest BCUT2D eigenvalue weighted by Gasteiger charge is 2.29. The molecule has 0 saturated carbocycles. The number of anilines is 1. The number of rotatable bonds is 0. The van der Waals surface area contributed by atoms with E-state index in [-0.39, 0.29) is 0 Å². The van der Waals surface area contributed by atoms with Gasteiger partial charge in [0.1, 0.15) is 5.60 Å². The first-order valence-electron chi connectivity index (χ1n) is 6.76. The maximum atomic E-state index is 12.3. The molecule has 1 aliphatic rings. The van der Waals surface area contributed by atoms with E-state index < -0.39 is 17.8 Å². The molecule has 110 valence electrons. The normalized spacial score (nSPS) is 19.2. The molecule has 1 aromatic carbocycles. The summed E-state index contributed by atoms with van der Waals surface area (Å²) in [6.45, 7) is 6.03. The Morgan fingerprint density at radius 1 is 1.45 bits per heavy atom. The van der Waals surface area contributed by atoms with Crippen molar-refractivity contribution >= 4 is 23.4 Å². The van der Waals surface area contributed by atoms with Crippen LogP contribution in [0.5, 0.6) is 0 Å². The molecule has 2 rings (SSSR count). The summed E-state index contributed by atoms with van der Waals surface area (Å²) in [4.78, 5) is 13.9. The lowest BCUT2D eigenvalue weighted by Crippen LogP contribution is -2.37. The summed E-state index contributed by atoms with van der Waals surface area (Å²) in [5.74, 6) is 0. The predicted octanol–water partition coefficient (Wildman–Crippen LogP) is 3.91. The van der Waals surface area contributed by atoms with Crippen LogP contribution < -0.4 is 4.90 Å². The third-order valence-corrected chi connectivity index (χ3v) is 3.35. The Morgan fingerprint density at radius 2 is 2.15 bits per heavy atom. The van der Waals surface area contributed by atoms with Crippen molar-refractivity contribution in [2.45, 2.75) is 45.3 Å². The van der Waals surface area contributed by atoms with Gasteiger partial charge in [-0.3, -0.25) is 4.90 Å². The van der Waals surface area contributed by atoms with Crippen molar-refractivity contribution in [3.05, 3.63) is 28.8 Å². The second kappa shape index (κ2) is 5.62. The molecule has 0 bridgehead atoms. The van der Waals surface area contributed by atoms with Gasteiger partial charge in [-0.05, 0) is 51.8 Å². The first kappa shape index (κ1) is 15.1. The van der Waals surface area contributed by atoms with Crippen molar-refractivity contribution in [3.63, 3.8) is 0 Å². The number of hydrogen-bond acceptors (Lipinski definition) is 3. The van der Waals surface area contributed by atoms with E-state index in [4.69, 9.17) is 16.3 Å². The van der Waals surface area contributed by atoms with Gasteiger partial charge in [0.05, 0.1) is 11.8 Å². The minimum absolute atomic E-state index is 0.393. The van der Waals surface area contributed by atoms with Gasteiger partial charge < -0.3 is 9.84 Å². The molecule has 1 aromatic rings. The number of aliphatic hydroxyl groups is 1. The lowest BCUT2D eigenvalue weighted by atomic mass is 10.0. The molecule has 0 spiro atoms. The Morgan fingerprint density at radius 3 is 2.80 bits per heavy atom. The van der Waals surface area contributed by atoms with Crippen LogP contribution in [0.15, 0.2) is 18.2 Å². The molecule has 0 fully saturated rings. The minimum atomic E-state index is -0.601. The number of fused-ring (bicyclic) bond motifs is 1. The highest BCUT2D eigenvalue weighted by molar-refractivity contribution is 6.30. The van der Waals surface area contributed by atoms with Gasteiger partial charge in [-0.2, -0.15) is 0 Å². The van der Waals surface area contributed by atoms with Crippen molar-refractivity contribution < 1.29 is 14.6 Å². The van der Waals surface area contributed by atoms with Crippen LogP contribution in [-0.2, 0) is 4.74 Å². The van der Waals surface area contributed by atoms with E-state index in [1.54, 1.807) is 23.1 Å². The van der Waals surface area contributed by atoms with Crippen molar-refractivity contribution in [1.82, 2.24) is 0 Å². The number of benzene rings is 1. The van der Waals surface area contributed by atoms with Gasteiger partial charge in [-0.1, -0.05) is 11.6 Å². The van der Waals surface area contributed by atoms with E-state index in [1.165, 1.54) is 0 Å². The molecule has 1 amide bonds. The number of ether oxygens (including phenoxy) is 1. The van der Waals surface area contributed by atoms with E-state index in [1.807, 2.05) is 20.8 Å². The Kier molecular flexibility index (Phi) is 4.25. The number of carbonyl (C=O) groups excluding carboxylic acids is 1. The summed E-state index contributed by atoms with van der Waals surface area (Å²) >= 11 is 5.98. The van der Waals surface area contributed by atoms with E-state index in [2.05, 4.69) is 0 Å². The van der Waals surface area contributed by atoms with Gasteiger partial charge in [-0.15, -0.1) is 0 Å². The first-order chi connectivity index (χ1) is 9.28. The van der Waals surface area contributed by atoms with E-state index in [9.17, 15) is 9.90 Å². The summed E-state index contributed by atoms with van der Waals surface area (Å²) in [5, 5.41) is 10.7. The summed E-state index contributed by atoms with van der Waals surface area (Å²) < 4.78 is 5.43. The highest BCUT2D eigenvalue weighted by Crippen LogP contribution is 2.35. The van der Waals surface area contributed by atoms with Crippen LogP contribution in [0.2, 0.25) is 5.02 Å². The average Bonchev–Trinajstić information content (AvgIpc) is 2.47. The molecular formula is C15H20ClNO3. The third kappa shape index (κ3) is 3.44. The summed E-state index contributed by atoms with van der Waals surface area (Å²) in [6, 6.07) is 5.19. The number of halogens is 1. The van der Waals surface area contributed by atoms with Crippen LogP contribution >= 0.6 is 11.6 Å². The average molecular weight is 298 g/mol. The number of nitrogens with zero attached hydrogens (tertiary/aromatic N) is 1. The van der Waals surface area contributed by atoms with Gasteiger partial charge in [0.2, 0.25) is 0 Å². The molecule has 0 saturated heterocycles. The standard InChI is InChI=1S/C15H20ClNO3/c1-15(2,3)20-14(19)17-8-4-5-13(18)11-9-10(16)6-7-12(11)17/h6-7,9,13,18H,4-5,8H2,1-3H3. The van der Waals surface area contributed by atoms with E-state index in [0.29, 0.717) is 35.7 Å². The fraction of sp³-hybridized carbons (Fsp3) is 0.533. The van der Waals surface area contributed by atoms with Crippen molar-refractivity contribution in [2.75, 3.05) is 11.4 Å². The van der Waals surface area contributed by atoms with Crippen LogP contribution in [0.3, 0.4) is 0 Å². The van der Waals surface area contributed by atoms with Crippen LogP contribution in [0, 0.1) is 0 Å². The zero-order valence-corrected chi connectivity index (χ0v) is 12.8. The molecule has 1 atom stereocenters. The first-order valence-corrected chi connectivity index (χ1v) is 7.14. The highest BCUT2D eigenvalue weighted by atomic mass is 35.5. The van der Waals surface area contributed by atoms with Gasteiger partial charge >= 0.3 is 6.09 Å². The van der Waals surface area contributed by atoms with Crippen molar-refractivity contribution in [2.24, 2.45) is 0 Å². The van der Waals surface area contributed by atoms with Crippen LogP contribution in [0.1, 0.15) is 45.3 Å². The second-order valence-electron chi connectivity index (χ2n) is 5.99. The lowest BCUT2D eigenvalue weighted by Gasteiger charge is -2.27. The molecule has 1 aliphatic heterocycles. The number of carbonyl (C=O) groups is 1. The maximum Gasteiger partial charge on any atom is 0.414 e. The zero-order chi connectivity index (χ0) is 14.9. The largest absolute Gasteiger partial charge is 0.443 e. The smallest absolute Gasteiger partial charge is 0.414 e. The molecule has 0 radical (unpaired) electrons. The predicted molar refractivity (Wildman–Crippen MR) is 79.2 cm³/mol. The number of amides is 1. The van der Waals surface area contributed by atoms with Crippen LogP contribution in [0.25, 0.3) is 0 Å². The minimum Gasteiger partial charge on any atom is -0.443 e. The molecule has 5 heteroatoms.